The fraction of sp³-hybridized carbons (Fsp3) is 0.182. The van der Waals surface area contributed by atoms with E-state index < -0.39 is 0 Å². The number of carbonyl (C=O) groups excluding carboxylic acids is 1. The van der Waals surface area contributed by atoms with Crippen molar-refractivity contribution in [1.82, 2.24) is 0 Å². The second kappa shape index (κ2) is 5.28. The van der Waals surface area contributed by atoms with Gasteiger partial charge in [-0.3, -0.25) is 4.79 Å². The van der Waals surface area contributed by atoms with Crippen LogP contribution in [-0.4, -0.2) is 17.5 Å². The van der Waals surface area contributed by atoms with E-state index in [1.165, 1.54) is 19.1 Å². The van der Waals surface area contributed by atoms with Crippen LogP contribution in [0.15, 0.2) is 18.2 Å². The van der Waals surface area contributed by atoms with Crippen LogP contribution in [0.4, 0.5) is 0 Å². The lowest BCUT2D eigenvalue weighted by Crippen LogP contribution is -1.96. The lowest BCUT2D eigenvalue weighted by molar-refractivity contribution is 0.101. The predicted octanol–water partition coefficient (Wildman–Crippen LogP) is 2.17. The van der Waals surface area contributed by atoms with Crippen molar-refractivity contribution in [3.63, 3.8) is 0 Å². The van der Waals surface area contributed by atoms with Gasteiger partial charge in [-0.1, -0.05) is 0 Å². The highest BCUT2D eigenvalue weighted by Crippen LogP contribution is 2.23. The van der Waals surface area contributed by atoms with Crippen LogP contribution in [0.2, 0.25) is 0 Å². The SMILES string of the molecule is CC(=O)c1ccc(OCC#CCl)cc1O. The highest BCUT2D eigenvalue weighted by Gasteiger charge is 2.06. The largest absolute Gasteiger partial charge is 0.507 e. The average Bonchev–Trinajstić information content (AvgIpc) is 2.17. The van der Waals surface area contributed by atoms with Crippen LogP contribution in [0.3, 0.4) is 0 Å². The fourth-order valence-corrected chi connectivity index (χ4v) is 1.10. The van der Waals surface area contributed by atoms with Crippen molar-refractivity contribution < 1.29 is 14.6 Å². The Morgan fingerprint density at radius 1 is 1.60 bits per heavy atom. The molecule has 0 aromatic heterocycles. The number of rotatable bonds is 3. The van der Waals surface area contributed by atoms with Crippen LogP contribution >= 0.6 is 11.6 Å². The van der Waals surface area contributed by atoms with Gasteiger partial charge in [0.1, 0.15) is 18.1 Å². The van der Waals surface area contributed by atoms with E-state index in [-0.39, 0.29) is 23.7 Å². The van der Waals surface area contributed by atoms with Crippen LogP contribution < -0.4 is 4.74 Å². The van der Waals surface area contributed by atoms with E-state index in [0.29, 0.717) is 5.75 Å². The predicted molar refractivity (Wildman–Crippen MR) is 57.2 cm³/mol. The van der Waals surface area contributed by atoms with Gasteiger partial charge in [0.2, 0.25) is 0 Å². The zero-order valence-corrected chi connectivity index (χ0v) is 8.84. The van der Waals surface area contributed by atoms with Gasteiger partial charge < -0.3 is 9.84 Å². The summed E-state index contributed by atoms with van der Waals surface area (Å²) < 4.78 is 5.13. The Morgan fingerprint density at radius 3 is 2.87 bits per heavy atom. The number of hydrogen-bond acceptors (Lipinski definition) is 3. The first-order valence-corrected chi connectivity index (χ1v) is 4.58. The molecule has 1 aromatic rings. The Morgan fingerprint density at radius 2 is 2.33 bits per heavy atom. The third-order valence-corrected chi connectivity index (χ3v) is 1.86. The standard InChI is InChI=1S/C11H9ClO3/c1-8(13)10-4-3-9(7-11(10)14)15-6-2-5-12/h3-4,7,14H,6H2,1H3. The van der Waals surface area contributed by atoms with Crippen LogP contribution in [0.25, 0.3) is 0 Å². The molecule has 4 heteroatoms. The van der Waals surface area contributed by atoms with E-state index in [1.807, 2.05) is 0 Å². The van der Waals surface area contributed by atoms with E-state index in [0.717, 1.165) is 0 Å². The number of phenolic OH excluding ortho intramolecular Hbond substituents is 1. The molecule has 1 N–H and O–H groups in total. The molecule has 0 aliphatic heterocycles. The lowest BCUT2D eigenvalue weighted by atomic mass is 10.1. The third-order valence-electron chi connectivity index (χ3n) is 1.73. The second-order valence-electron chi connectivity index (χ2n) is 2.80. The summed E-state index contributed by atoms with van der Waals surface area (Å²) in [6, 6.07) is 4.46. The summed E-state index contributed by atoms with van der Waals surface area (Å²) >= 11 is 5.13. The van der Waals surface area contributed by atoms with Gasteiger partial charge in [0.05, 0.1) is 5.56 Å². The third kappa shape index (κ3) is 3.19. The van der Waals surface area contributed by atoms with Gasteiger partial charge in [0.15, 0.2) is 5.78 Å². The number of ketones is 1. The summed E-state index contributed by atoms with van der Waals surface area (Å²) in [6.45, 7) is 1.52. The zero-order chi connectivity index (χ0) is 11.3. The molecule has 78 valence electrons. The van der Waals surface area contributed by atoms with E-state index >= 15 is 0 Å². The highest BCUT2D eigenvalue weighted by molar-refractivity contribution is 6.30. The first kappa shape index (κ1) is 11.4. The lowest BCUT2D eigenvalue weighted by Gasteiger charge is -2.04. The van der Waals surface area contributed by atoms with Gasteiger partial charge in [-0.15, -0.1) is 0 Å². The van der Waals surface area contributed by atoms with Crippen LogP contribution in [-0.2, 0) is 0 Å². The number of ether oxygens (including phenoxy) is 1. The highest BCUT2D eigenvalue weighted by atomic mass is 35.5. The van der Waals surface area contributed by atoms with Crippen molar-refractivity contribution in [2.75, 3.05) is 6.61 Å². The molecule has 0 saturated heterocycles. The summed E-state index contributed by atoms with van der Waals surface area (Å²) in [5.74, 6) is 2.65. The van der Waals surface area contributed by atoms with Crippen molar-refractivity contribution >= 4 is 17.4 Å². The molecule has 1 rings (SSSR count). The molecule has 0 fully saturated rings. The fourth-order valence-electron chi connectivity index (χ4n) is 1.05. The number of aromatic hydroxyl groups is 1. The topological polar surface area (TPSA) is 46.5 Å². The molecule has 0 radical (unpaired) electrons. The van der Waals surface area contributed by atoms with E-state index in [1.54, 1.807) is 6.07 Å². The number of benzene rings is 1. The summed E-state index contributed by atoms with van der Waals surface area (Å²) in [5, 5.41) is 11.6. The molecular formula is C11H9ClO3. The molecule has 0 saturated carbocycles. The first-order chi connectivity index (χ1) is 7.15. The van der Waals surface area contributed by atoms with Gasteiger partial charge >= 0.3 is 0 Å². The molecule has 1 aromatic carbocycles. The Labute approximate surface area is 92.6 Å². The van der Waals surface area contributed by atoms with E-state index in [9.17, 15) is 9.90 Å². The molecule has 15 heavy (non-hydrogen) atoms. The molecule has 0 heterocycles. The Hall–Kier alpha value is -1.66. The second-order valence-corrected chi connectivity index (χ2v) is 2.98. The van der Waals surface area contributed by atoms with Crippen LogP contribution in [0.5, 0.6) is 11.5 Å². The summed E-state index contributed by atoms with van der Waals surface area (Å²) in [5.41, 5.74) is 0.269. The molecule has 0 aliphatic rings. The summed E-state index contributed by atoms with van der Waals surface area (Å²) in [4.78, 5) is 11.0. The van der Waals surface area contributed by atoms with Gasteiger partial charge in [-0.25, -0.2) is 0 Å². The Bertz CT molecular complexity index is 429. The van der Waals surface area contributed by atoms with Crippen LogP contribution in [0, 0.1) is 11.3 Å². The van der Waals surface area contributed by atoms with E-state index in [4.69, 9.17) is 16.3 Å². The Kier molecular flexibility index (Phi) is 4.02. The molecule has 0 atom stereocenters. The maximum atomic E-state index is 11.0. The van der Waals surface area contributed by atoms with Gasteiger partial charge in [-0.05, 0) is 36.6 Å². The monoisotopic (exact) mass is 224 g/mol. The average molecular weight is 225 g/mol. The van der Waals surface area contributed by atoms with Crippen molar-refractivity contribution in [3.05, 3.63) is 23.8 Å². The molecular weight excluding hydrogens is 216 g/mol. The maximum Gasteiger partial charge on any atom is 0.163 e. The van der Waals surface area contributed by atoms with Crippen molar-refractivity contribution in [3.8, 4) is 22.8 Å². The van der Waals surface area contributed by atoms with Crippen molar-refractivity contribution in [2.45, 2.75) is 6.92 Å². The quantitative estimate of drug-likeness (QED) is 0.632. The summed E-state index contributed by atoms with van der Waals surface area (Å²) in [6.07, 6.45) is 0. The molecule has 0 bridgehead atoms. The smallest absolute Gasteiger partial charge is 0.163 e. The number of hydrogen-bond donors (Lipinski definition) is 1. The minimum atomic E-state index is -0.195. The molecule has 3 nitrogen and oxygen atoms in total. The normalized spacial score (nSPS) is 8.93. The number of halogens is 1. The first-order valence-electron chi connectivity index (χ1n) is 4.20. The van der Waals surface area contributed by atoms with Gasteiger partial charge in [0, 0.05) is 11.4 Å². The maximum absolute atomic E-state index is 11.0. The molecule has 0 amide bonds. The van der Waals surface area contributed by atoms with Crippen molar-refractivity contribution in [2.24, 2.45) is 0 Å². The summed E-state index contributed by atoms with van der Waals surface area (Å²) in [7, 11) is 0. The van der Waals surface area contributed by atoms with Gasteiger partial charge in [-0.2, -0.15) is 0 Å². The van der Waals surface area contributed by atoms with E-state index in [2.05, 4.69) is 11.3 Å². The minimum absolute atomic E-state index is 0.0983. The Balaban J connectivity index is 2.80. The molecule has 0 unspecified atom stereocenters. The number of Topliss-reactive ketones (excluding diaryl/α,β-unsaturated/α-hetero) is 1. The molecule has 0 spiro atoms. The number of carbonyl (C=O) groups is 1. The van der Waals surface area contributed by atoms with Crippen LogP contribution in [0.1, 0.15) is 17.3 Å². The van der Waals surface area contributed by atoms with Gasteiger partial charge in [0.25, 0.3) is 0 Å². The zero-order valence-electron chi connectivity index (χ0n) is 8.08. The minimum Gasteiger partial charge on any atom is -0.507 e. The number of phenols is 1. The van der Waals surface area contributed by atoms with Crippen molar-refractivity contribution in [1.29, 1.82) is 0 Å². The molecule has 0 aliphatic carbocycles.